The van der Waals surface area contributed by atoms with E-state index in [1.165, 1.54) is 51.4 Å². The summed E-state index contributed by atoms with van der Waals surface area (Å²) in [7, 11) is 0. The molecule has 3 saturated carbocycles. The van der Waals surface area contributed by atoms with Gasteiger partial charge in [-0.1, -0.05) is 39.0 Å². The lowest BCUT2D eigenvalue weighted by Gasteiger charge is -2.38. The average molecular weight is 395 g/mol. The number of hydrogen-bond donors (Lipinski definition) is 0. The lowest BCUT2D eigenvalue weighted by molar-refractivity contribution is -0.219. The van der Waals surface area contributed by atoms with Gasteiger partial charge in [0.1, 0.15) is 18.3 Å². The van der Waals surface area contributed by atoms with Crippen molar-refractivity contribution in [2.24, 2.45) is 35.5 Å². The fourth-order valence-corrected chi connectivity index (χ4v) is 6.08. The predicted molar refractivity (Wildman–Crippen MR) is 97.9 cm³/mol. The van der Waals surface area contributed by atoms with Crippen LogP contribution in [0.15, 0.2) is 0 Å². The molecule has 3 fully saturated rings. The van der Waals surface area contributed by atoms with Crippen molar-refractivity contribution >= 4 is 0 Å². The molecule has 2 atom stereocenters. The molecule has 0 bridgehead atoms. The Bertz CT molecular complexity index is 434. The Hall–Kier alpha value is -0.350. The third-order valence-corrected chi connectivity index (χ3v) is 7.88. The largest absolute Gasteiger partial charge is 0.397 e. The molecule has 0 aliphatic heterocycles. The molecule has 3 rings (SSSR count). The molecule has 0 radical (unpaired) electrons. The third kappa shape index (κ3) is 5.59. The highest BCUT2D eigenvalue weighted by molar-refractivity contribution is 4.91. The number of alkyl halides is 5. The van der Waals surface area contributed by atoms with E-state index in [0.717, 1.165) is 24.2 Å². The van der Waals surface area contributed by atoms with Crippen LogP contribution in [0, 0.1) is 35.5 Å². The van der Waals surface area contributed by atoms with Crippen molar-refractivity contribution in [3.05, 3.63) is 0 Å². The first kappa shape index (κ1) is 21.4. The van der Waals surface area contributed by atoms with E-state index in [1.54, 1.807) is 0 Å². The Morgan fingerprint density at radius 3 is 1.59 bits per heavy atom. The van der Waals surface area contributed by atoms with Crippen LogP contribution >= 0.6 is 0 Å². The summed E-state index contributed by atoms with van der Waals surface area (Å²) < 4.78 is 66.2. The van der Waals surface area contributed by atoms with Crippen LogP contribution < -0.4 is 0 Å². The van der Waals surface area contributed by atoms with Crippen molar-refractivity contribution in [3.63, 3.8) is 0 Å². The van der Waals surface area contributed by atoms with E-state index in [9.17, 15) is 22.0 Å². The second-order valence-electron chi connectivity index (χ2n) is 9.81. The molecule has 0 aromatic heterocycles. The van der Waals surface area contributed by atoms with Gasteiger partial charge in [-0.05, 0) is 74.5 Å². The summed E-state index contributed by atoms with van der Waals surface area (Å²) in [6.07, 6.45) is 2.80. The van der Waals surface area contributed by atoms with E-state index >= 15 is 0 Å². The van der Waals surface area contributed by atoms with Crippen LogP contribution in [0.2, 0.25) is 0 Å². The van der Waals surface area contributed by atoms with Crippen molar-refractivity contribution in [2.75, 3.05) is 0 Å². The minimum atomic E-state index is -4.76. The fraction of sp³-hybridized carbons (Fsp3) is 1.00. The van der Waals surface area contributed by atoms with E-state index < -0.39 is 24.4 Å². The predicted octanol–water partition coefficient (Wildman–Crippen LogP) is 7.66. The second kappa shape index (κ2) is 8.98. The van der Waals surface area contributed by atoms with Crippen LogP contribution in [0.25, 0.3) is 0 Å². The van der Waals surface area contributed by atoms with Crippen LogP contribution in [0.3, 0.4) is 0 Å². The van der Waals surface area contributed by atoms with Crippen molar-refractivity contribution in [2.45, 2.75) is 102 Å². The molecule has 0 nitrogen and oxygen atoms in total. The first-order chi connectivity index (χ1) is 12.7. The number of rotatable bonds is 4. The summed E-state index contributed by atoms with van der Waals surface area (Å²) in [5, 5.41) is 0. The van der Waals surface area contributed by atoms with E-state index in [1.807, 2.05) is 0 Å². The zero-order valence-corrected chi connectivity index (χ0v) is 16.5. The minimum Gasteiger partial charge on any atom is -0.247 e. The normalized spacial score (nSPS) is 44.2. The topological polar surface area (TPSA) is 0 Å². The fourth-order valence-electron chi connectivity index (χ4n) is 6.08. The van der Waals surface area contributed by atoms with Crippen molar-refractivity contribution in [3.8, 4) is 0 Å². The molecule has 158 valence electrons. The molecule has 0 heterocycles. The quantitative estimate of drug-likeness (QED) is 0.429. The van der Waals surface area contributed by atoms with E-state index in [4.69, 9.17) is 0 Å². The summed E-state index contributed by atoms with van der Waals surface area (Å²) in [5.41, 5.74) is 0. The Labute approximate surface area is 160 Å². The van der Waals surface area contributed by atoms with Crippen molar-refractivity contribution in [1.82, 2.24) is 0 Å². The molecule has 0 spiro atoms. The maximum Gasteiger partial charge on any atom is 0.397 e. The van der Waals surface area contributed by atoms with Gasteiger partial charge in [-0.2, -0.15) is 13.2 Å². The van der Waals surface area contributed by atoms with E-state index in [0.29, 0.717) is 12.3 Å². The first-order valence-corrected chi connectivity index (χ1v) is 11.1. The molecule has 0 aromatic carbocycles. The maximum atomic E-state index is 13.9. The van der Waals surface area contributed by atoms with Crippen LogP contribution in [0.5, 0.6) is 0 Å². The molecule has 0 amide bonds. The Morgan fingerprint density at radius 2 is 1.11 bits per heavy atom. The summed E-state index contributed by atoms with van der Waals surface area (Å²) in [4.78, 5) is 0. The van der Waals surface area contributed by atoms with E-state index in [-0.39, 0.29) is 18.8 Å². The average Bonchev–Trinajstić information content (AvgIpc) is 2.59. The van der Waals surface area contributed by atoms with Gasteiger partial charge in [0.25, 0.3) is 0 Å². The highest BCUT2D eigenvalue weighted by atomic mass is 19.4. The first-order valence-electron chi connectivity index (χ1n) is 11.1. The van der Waals surface area contributed by atoms with Crippen molar-refractivity contribution < 1.29 is 22.0 Å². The number of halogens is 5. The summed E-state index contributed by atoms with van der Waals surface area (Å²) in [6.45, 7) is 2.35. The summed E-state index contributed by atoms with van der Waals surface area (Å²) >= 11 is 0. The minimum absolute atomic E-state index is 0.125. The van der Waals surface area contributed by atoms with Crippen LogP contribution in [-0.4, -0.2) is 18.5 Å². The smallest absolute Gasteiger partial charge is 0.247 e. The zero-order chi connectivity index (χ0) is 19.6. The van der Waals surface area contributed by atoms with Gasteiger partial charge in [-0.15, -0.1) is 0 Å². The van der Waals surface area contributed by atoms with Crippen LogP contribution in [0.4, 0.5) is 22.0 Å². The van der Waals surface area contributed by atoms with Gasteiger partial charge in [0.15, 0.2) is 0 Å². The van der Waals surface area contributed by atoms with E-state index in [2.05, 4.69) is 6.92 Å². The molecule has 0 N–H and O–H groups in total. The Morgan fingerprint density at radius 1 is 0.667 bits per heavy atom. The van der Waals surface area contributed by atoms with Crippen LogP contribution in [0.1, 0.15) is 84.0 Å². The van der Waals surface area contributed by atoms with Gasteiger partial charge in [-0.25, -0.2) is 8.78 Å². The molecule has 27 heavy (non-hydrogen) atoms. The van der Waals surface area contributed by atoms with Gasteiger partial charge in [-0.3, -0.25) is 0 Å². The van der Waals surface area contributed by atoms with Gasteiger partial charge in [0.05, 0.1) is 0 Å². The maximum absolute atomic E-state index is 13.9. The Kier molecular flexibility index (Phi) is 7.11. The number of hydrogen-bond acceptors (Lipinski definition) is 0. The molecule has 3 aliphatic rings. The second-order valence-corrected chi connectivity index (χ2v) is 9.81. The zero-order valence-electron chi connectivity index (χ0n) is 16.5. The summed E-state index contributed by atoms with van der Waals surface area (Å²) in [5.74, 6) is 0.568. The molecule has 3 aliphatic carbocycles. The summed E-state index contributed by atoms with van der Waals surface area (Å²) in [6, 6.07) is 0. The van der Waals surface area contributed by atoms with Gasteiger partial charge < -0.3 is 0 Å². The molecule has 2 unspecified atom stereocenters. The standard InChI is InChI=1S/C22H35F5/c1-14-2-8-17(9-3-14)18-10-6-15(7-11-18)4-5-16-12-19(23)21(20(24)13-16)22(25,26)27/h14-21H,2-13H2,1H3. The van der Waals surface area contributed by atoms with Gasteiger partial charge in [0.2, 0.25) is 0 Å². The SMILES string of the molecule is CC1CCC(C2CCC(CCC3CC(F)C(C(F)(F)F)C(F)C3)CC2)CC1. The highest BCUT2D eigenvalue weighted by Gasteiger charge is 2.53. The molecule has 5 heteroatoms. The monoisotopic (exact) mass is 394 g/mol. The third-order valence-electron chi connectivity index (χ3n) is 7.88. The molecule has 0 aromatic rings. The molecular formula is C22H35F5. The Balaban J connectivity index is 1.38. The van der Waals surface area contributed by atoms with Gasteiger partial charge >= 0.3 is 6.18 Å². The van der Waals surface area contributed by atoms with Crippen molar-refractivity contribution in [1.29, 1.82) is 0 Å². The molecular weight excluding hydrogens is 359 g/mol. The lowest BCUT2D eigenvalue weighted by Crippen LogP contribution is -2.44. The highest BCUT2D eigenvalue weighted by Crippen LogP contribution is 2.46. The molecule has 0 saturated heterocycles. The van der Waals surface area contributed by atoms with Crippen LogP contribution in [-0.2, 0) is 0 Å². The van der Waals surface area contributed by atoms with Gasteiger partial charge in [0, 0.05) is 0 Å². The lowest BCUT2D eigenvalue weighted by atomic mass is 9.68.